The Morgan fingerprint density at radius 1 is 1.53 bits per heavy atom. The minimum Gasteiger partial charge on any atom is -0.381 e. The third-order valence-corrected chi connectivity index (χ3v) is 3.78. The van der Waals surface area contributed by atoms with Crippen LogP contribution in [0.15, 0.2) is 18.2 Å². The topological polar surface area (TPSA) is 50.8 Å². The molecule has 0 radical (unpaired) electrons. The number of halogens is 1. The van der Waals surface area contributed by atoms with Gasteiger partial charge in [0.05, 0.1) is 35.2 Å². The summed E-state index contributed by atoms with van der Waals surface area (Å²) in [5.74, 6) is 1.76. The summed E-state index contributed by atoms with van der Waals surface area (Å²) in [6.07, 6.45) is 1.08. The number of imidazole rings is 1. The van der Waals surface area contributed by atoms with Crippen LogP contribution in [-0.2, 0) is 17.2 Å². The lowest BCUT2D eigenvalue weighted by atomic mass is 10.1. The van der Waals surface area contributed by atoms with Crippen LogP contribution in [0, 0.1) is 17.2 Å². The second-order valence-electron chi connectivity index (χ2n) is 4.82. The lowest BCUT2D eigenvalue weighted by molar-refractivity contribution is 0.182. The summed E-state index contributed by atoms with van der Waals surface area (Å²) in [7, 11) is 0. The molecule has 0 aliphatic carbocycles. The second-order valence-corrected chi connectivity index (χ2v) is 5.08. The first-order chi connectivity index (χ1) is 9.31. The molecule has 98 valence electrons. The van der Waals surface area contributed by atoms with Crippen LogP contribution < -0.4 is 0 Å². The van der Waals surface area contributed by atoms with Gasteiger partial charge in [-0.1, -0.05) is 0 Å². The molecule has 1 fully saturated rings. The molecule has 0 saturated carbocycles. The maximum Gasteiger partial charge on any atom is 0.124 e. The Morgan fingerprint density at radius 3 is 3.11 bits per heavy atom. The largest absolute Gasteiger partial charge is 0.381 e. The Kier molecular flexibility index (Phi) is 3.41. The number of nitriles is 1. The molecule has 0 N–H and O–H groups in total. The summed E-state index contributed by atoms with van der Waals surface area (Å²) < 4.78 is 7.57. The normalized spacial score (nSPS) is 18.8. The number of nitrogens with zero attached hydrogens (tertiary/aromatic N) is 3. The smallest absolute Gasteiger partial charge is 0.124 e. The third kappa shape index (κ3) is 2.32. The van der Waals surface area contributed by atoms with Crippen molar-refractivity contribution in [3.05, 3.63) is 29.6 Å². The zero-order chi connectivity index (χ0) is 13.2. The third-order valence-electron chi connectivity index (χ3n) is 3.54. The highest BCUT2D eigenvalue weighted by Gasteiger charge is 2.19. The van der Waals surface area contributed by atoms with E-state index in [2.05, 4.69) is 15.6 Å². The van der Waals surface area contributed by atoms with E-state index in [1.807, 2.05) is 18.2 Å². The van der Waals surface area contributed by atoms with Crippen molar-refractivity contribution in [2.24, 2.45) is 5.92 Å². The van der Waals surface area contributed by atoms with Crippen molar-refractivity contribution in [3.63, 3.8) is 0 Å². The van der Waals surface area contributed by atoms with Crippen LogP contribution in [0.3, 0.4) is 0 Å². The highest BCUT2D eigenvalue weighted by molar-refractivity contribution is 6.16. The van der Waals surface area contributed by atoms with Crippen LogP contribution in [0.4, 0.5) is 0 Å². The van der Waals surface area contributed by atoms with Gasteiger partial charge >= 0.3 is 0 Å². The number of fused-ring (bicyclic) bond motifs is 1. The lowest BCUT2D eigenvalue weighted by Crippen LogP contribution is -2.12. The molecular weight excluding hydrogens is 262 g/mol. The Hall–Kier alpha value is -1.57. The fourth-order valence-corrected chi connectivity index (χ4v) is 2.74. The van der Waals surface area contributed by atoms with E-state index < -0.39 is 0 Å². The van der Waals surface area contributed by atoms with Crippen molar-refractivity contribution >= 4 is 22.6 Å². The van der Waals surface area contributed by atoms with E-state index in [9.17, 15) is 0 Å². The van der Waals surface area contributed by atoms with E-state index in [1.165, 1.54) is 0 Å². The maximum absolute atomic E-state index is 8.93. The number of benzene rings is 1. The van der Waals surface area contributed by atoms with Gasteiger partial charge in [-0.3, -0.25) is 0 Å². The molecule has 3 rings (SSSR count). The van der Waals surface area contributed by atoms with Crippen molar-refractivity contribution in [3.8, 4) is 6.07 Å². The van der Waals surface area contributed by atoms with Gasteiger partial charge in [0.2, 0.25) is 0 Å². The second kappa shape index (κ2) is 5.20. The van der Waals surface area contributed by atoms with Crippen molar-refractivity contribution in [1.29, 1.82) is 5.26 Å². The van der Waals surface area contributed by atoms with E-state index in [0.29, 0.717) is 17.4 Å². The molecule has 2 aromatic rings. The molecule has 0 amide bonds. The first kappa shape index (κ1) is 12.5. The minimum atomic E-state index is 0.379. The number of hydrogen-bond donors (Lipinski definition) is 0. The SMILES string of the molecule is N#Cc1ccc2c(c1)nc(CCl)n2CC1CCOC1. The van der Waals surface area contributed by atoms with Crippen molar-refractivity contribution in [2.75, 3.05) is 13.2 Å². The molecule has 1 aliphatic heterocycles. The van der Waals surface area contributed by atoms with E-state index >= 15 is 0 Å². The monoisotopic (exact) mass is 275 g/mol. The minimum absolute atomic E-state index is 0.379. The van der Waals surface area contributed by atoms with Gasteiger partial charge in [0.15, 0.2) is 0 Å². The molecule has 5 heteroatoms. The zero-order valence-electron chi connectivity index (χ0n) is 10.5. The quantitative estimate of drug-likeness (QED) is 0.809. The Bertz CT molecular complexity index is 638. The van der Waals surface area contributed by atoms with Gasteiger partial charge in [0.25, 0.3) is 0 Å². The van der Waals surface area contributed by atoms with Crippen LogP contribution in [0.25, 0.3) is 11.0 Å². The van der Waals surface area contributed by atoms with Gasteiger partial charge in [-0.25, -0.2) is 4.98 Å². The van der Waals surface area contributed by atoms with E-state index in [4.69, 9.17) is 21.6 Å². The molecule has 19 heavy (non-hydrogen) atoms. The molecule has 0 bridgehead atoms. The molecule has 1 aliphatic rings. The fourth-order valence-electron chi connectivity index (χ4n) is 2.54. The van der Waals surface area contributed by atoms with Gasteiger partial charge in [-0.2, -0.15) is 5.26 Å². The molecule has 0 spiro atoms. The summed E-state index contributed by atoms with van der Waals surface area (Å²) in [6, 6.07) is 7.72. The van der Waals surface area contributed by atoms with E-state index in [1.54, 1.807) is 0 Å². The van der Waals surface area contributed by atoms with Crippen LogP contribution in [0.1, 0.15) is 17.8 Å². The number of alkyl halides is 1. The average molecular weight is 276 g/mol. The summed E-state index contributed by atoms with van der Waals surface area (Å²) >= 11 is 5.98. The number of aromatic nitrogens is 2. The highest BCUT2D eigenvalue weighted by Crippen LogP contribution is 2.23. The molecule has 1 saturated heterocycles. The summed E-state index contributed by atoms with van der Waals surface area (Å²) in [6.45, 7) is 2.52. The first-order valence-electron chi connectivity index (χ1n) is 6.35. The summed E-state index contributed by atoms with van der Waals surface area (Å²) in [5, 5.41) is 8.93. The number of rotatable bonds is 3. The number of hydrogen-bond acceptors (Lipinski definition) is 3. The average Bonchev–Trinajstić information content (AvgIpc) is 3.06. The highest BCUT2D eigenvalue weighted by atomic mass is 35.5. The Labute approximate surface area is 116 Å². The van der Waals surface area contributed by atoms with Gasteiger partial charge in [0, 0.05) is 19.1 Å². The lowest BCUT2D eigenvalue weighted by Gasteiger charge is -2.12. The molecule has 1 atom stereocenters. The molecule has 1 aromatic carbocycles. The molecule has 1 aromatic heterocycles. The molecule has 1 unspecified atom stereocenters. The number of ether oxygens (including phenoxy) is 1. The van der Waals surface area contributed by atoms with E-state index in [-0.39, 0.29) is 0 Å². The summed E-state index contributed by atoms with van der Waals surface area (Å²) in [5.41, 5.74) is 2.51. The van der Waals surface area contributed by atoms with Gasteiger partial charge in [0.1, 0.15) is 5.82 Å². The van der Waals surface area contributed by atoms with Crippen LogP contribution >= 0.6 is 11.6 Å². The molecule has 2 heterocycles. The van der Waals surface area contributed by atoms with Crippen LogP contribution in [-0.4, -0.2) is 22.8 Å². The molecular formula is C14H14ClN3O. The van der Waals surface area contributed by atoms with Gasteiger partial charge in [-0.15, -0.1) is 11.6 Å². The van der Waals surface area contributed by atoms with Crippen molar-refractivity contribution in [1.82, 2.24) is 9.55 Å². The predicted molar refractivity (Wildman–Crippen MR) is 72.9 cm³/mol. The predicted octanol–water partition coefficient (Wildman–Crippen LogP) is 2.68. The van der Waals surface area contributed by atoms with Crippen LogP contribution in [0.5, 0.6) is 0 Å². The standard InChI is InChI=1S/C14H14ClN3O/c15-6-14-17-12-5-10(7-16)1-2-13(12)18(14)8-11-3-4-19-9-11/h1-2,5,11H,3-4,6,8-9H2. The van der Waals surface area contributed by atoms with E-state index in [0.717, 1.165) is 43.0 Å². The Balaban J connectivity index is 2.03. The summed E-state index contributed by atoms with van der Waals surface area (Å²) in [4.78, 5) is 4.52. The first-order valence-corrected chi connectivity index (χ1v) is 6.88. The fraction of sp³-hybridized carbons (Fsp3) is 0.429. The van der Waals surface area contributed by atoms with Crippen molar-refractivity contribution < 1.29 is 4.74 Å². The van der Waals surface area contributed by atoms with Gasteiger partial charge < -0.3 is 9.30 Å². The van der Waals surface area contributed by atoms with Crippen LogP contribution in [0.2, 0.25) is 0 Å². The maximum atomic E-state index is 8.93. The van der Waals surface area contributed by atoms with Crippen molar-refractivity contribution in [2.45, 2.75) is 18.8 Å². The molecule has 4 nitrogen and oxygen atoms in total. The zero-order valence-corrected chi connectivity index (χ0v) is 11.2. The van der Waals surface area contributed by atoms with Gasteiger partial charge in [-0.05, 0) is 24.6 Å². The Morgan fingerprint density at radius 2 is 2.42 bits per heavy atom.